The number of carbonyl (C=O) groups is 1. The molecule has 0 aliphatic heterocycles. The van der Waals surface area contributed by atoms with Crippen LogP contribution in [0.4, 0.5) is 10.5 Å². The van der Waals surface area contributed by atoms with E-state index in [1.165, 1.54) is 0 Å². The van der Waals surface area contributed by atoms with Crippen LogP contribution >= 0.6 is 11.6 Å². The molecule has 12 heavy (non-hydrogen) atoms. The first-order valence-corrected chi connectivity index (χ1v) is 3.90. The van der Waals surface area contributed by atoms with Crippen LogP contribution in [0.5, 0.6) is 0 Å². The van der Waals surface area contributed by atoms with Gasteiger partial charge in [-0.25, -0.2) is 4.79 Å². The van der Waals surface area contributed by atoms with Crippen molar-refractivity contribution < 1.29 is 9.90 Å². The van der Waals surface area contributed by atoms with Crippen LogP contribution in [0.25, 0.3) is 0 Å². The van der Waals surface area contributed by atoms with Crippen molar-refractivity contribution in [3.8, 4) is 0 Å². The van der Waals surface area contributed by atoms with Gasteiger partial charge < -0.3 is 5.11 Å². The fraction of sp³-hybridized carbons (Fsp3) is 0.125. The molecule has 0 aliphatic carbocycles. The van der Waals surface area contributed by atoms with Gasteiger partial charge in [-0.3, -0.25) is 5.32 Å². The van der Waals surface area contributed by atoms with Crippen molar-refractivity contribution in [1.82, 2.24) is 0 Å². The number of alkyl halides is 1. The molecule has 64 valence electrons. The van der Waals surface area contributed by atoms with Crippen molar-refractivity contribution in [3.63, 3.8) is 0 Å². The molecule has 0 saturated carbocycles. The number of halogens is 1. The molecule has 0 saturated heterocycles. The third-order valence-corrected chi connectivity index (χ3v) is 1.67. The van der Waals surface area contributed by atoms with E-state index in [-0.39, 0.29) is 0 Å². The smallest absolute Gasteiger partial charge is 0.409 e. The molecule has 0 spiro atoms. The summed E-state index contributed by atoms with van der Waals surface area (Å²) in [6.45, 7) is 0. The monoisotopic (exact) mass is 185 g/mol. The van der Waals surface area contributed by atoms with Gasteiger partial charge in [0.2, 0.25) is 0 Å². The molecule has 0 bridgehead atoms. The summed E-state index contributed by atoms with van der Waals surface area (Å²) in [5, 5.41) is 10.6. The third-order valence-electron chi connectivity index (χ3n) is 1.36. The fourth-order valence-electron chi connectivity index (χ4n) is 0.801. The highest BCUT2D eigenvalue weighted by Crippen LogP contribution is 2.10. The molecule has 2 N–H and O–H groups in total. The molecule has 0 aliphatic rings. The molecule has 0 aromatic heterocycles. The average Bonchev–Trinajstić information content (AvgIpc) is 2.05. The summed E-state index contributed by atoms with van der Waals surface area (Å²) in [5.74, 6) is 0.438. The largest absolute Gasteiger partial charge is 0.465 e. The van der Waals surface area contributed by atoms with Crippen molar-refractivity contribution in [2.45, 2.75) is 5.88 Å². The normalized spacial score (nSPS) is 9.42. The summed E-state index contributed by atoms with van der Waals surface area (Å²) in [4.78, 5) is 10.2. The maximum absolute atomic E-state index is 10.2. The Balaban J connectivity index is 2.71. The Morgan fingerprint density at radius 2 is 2.00 bits per heavy atom. The molecule has 0 unspecified atom stereocenters. The van der Waals surface area contributed by atoms with Crippen molar-refractivity contribution in [2.24, 2.45) is 0 Å². The molecule has 4 heteroatoms. The number of amides is 1. The highest BCUT2D eigenvalue weighted by Gasteiger charge is 1.96. The number of hydrogen-bond acceptors (Lipinski definition) is 1. The summed E-state index contributed by atoms with van der Waals surface area (Å²) in [6, 6.07) is 6.90. The second-order valence-corrected chi connectivity index (χ2v) is 2.53. The van der Waals surface area contributed by atoms with Gasteiger partial charge in [0.05, 0.1) is 0 Å². The first kappa shape index (κ1) is 8.87. The minimum atomic E-state index is -1.06. The lowest BCUT2D eigenvalue weighted by molar-refractivity contribution is 0.210. The van der Waals surface area contributed by atoms with Gasteiger partial charge in [-0.2, -0.15) is 0 Å². The first-order valence-electron chi connectivity index (χ1n) is 3.37. The predicted molar refractivity (Wildman–Crippen MR) is 47.6 cm³/mol. The average molecular weight is 186 g/mol. The Hall–Kier alpha value is -1.22. The highest BCUT2D eigenvalue weighted by atomic mass is 35.5. The molecule has 0 radical (unpaired) electrons. The fourth-order valence-corrected chi connectivity index (χ4v) is 0.979. The lowest BCUT2D eigenvalue weighted by Crippen LogP contribution is -2.06. The SMILES string of the molecule is O=C(O)Nc1ccc(CCl)cc1. The first-order chi connectivity index (χ1) is 5.72. The third kappa shape index (κ3) is 2.43. The molecule has 1 aromatic carbocycles. The Kier molecular flexibility index (Phi) is 2.94. The summed E-state index contributed by atoms with van der Waals surface area (Å²) in [6.07, 6.45) is -1.06. The maximum atomic E-state index is 10.2. The van der Waals surface area contributed by atoms with Crippen LogP contribution in [0, 0.1) is 0 Å². The zero-order valence-electron chi connectivity index (χ0n) is 6.25. The van der Waals surface area contributed by atoms with Gasteiger partial charge in [-0.1, -0.05) is 12.1 Å². The van der Waals surface area contributed by atoms with E-state index in [2.05, 4.69) is 5.32 Å². The summed E-state index contributed by atoms with van der Waals surface area (Å²) >= 11 is 5.55. The Labute approximate surface area is 75.0 Å². The summed E-state index contributed by atoms with van der Waals surface area (Å²) in [7, 11) is 0. The molecular weight excluding hydrogens is 178 g/mol. The highest BCUT2D eigenvalue weighted by molar-refractivity contribution is 6.17. The molecular formula is C8H8ClNO2. The van der Waals surface area contributed by atoms with Gasteiger partial charge in [-0.05, 0) is 17.7 Å². The van der Waals surface area contributed by atoms with E-state index >= 15 is 0 Å². The van der Waals surface area contributed by atoms with Gasteiger partial charge >= 0.3 is 6.09 Å². The van der Waals surface area contributed by atoms with Crippen molar-refractivity contribution in [3.05, 3.63) is 29.8 Å². The quantitative estimate of drug-likeness (QED) is 0.696. The Bertz CT molecular complexity index is 271. The molecule has 3 nitrogen and oxygen atoms in total. The van der Waals surface area contributed by atoms with E-state index in [0.717, 1.165) is 5.56 Å². The maximum Gasteiger partial charge on any atom is 0.409 e. The molecule has 1 aromatic rings. The topological polar surface area (TPSA) is 49.3 Å². The van der Waals surface area contributed by atoms with Crippen LogP contribution in [-0.4, -0.2) is 11.2 Å². The molecule has 1 amide bonds. The zero-order chi connectivity index (χ0) is 8.97. The van der Waals surface area contributed by atoms with Gasteiger partial charge in [0, 0.05) is 11.6 Å². The summed E-state index contributed by atoms with van der Waals surface area (Å²) in [5.41, 5.74) is 1.52. The van der Waals surface area contributed by atoms with Crippen LogP contribution in [0.2, 0.25) is 0 Å². The van der Waals surface area contributed by atoms with Crippen molar-refractivity contribution in [1.29, 1.82) is 0 Å². The van der Waals surface area contributed by atoms with Crippen molar-refractivity contribution >= 4 is 23.4 Å². The van der Waals surface area contributed by atoms with E-state index in [0.29, 0.717) is 11.6 Å². The van der Waals surface area contributed by atoms with Gasteiger partial charge in [-0.15, -0.1) is 11.6 Å². The second kappa shape index (κ2) is 3.97. The minimum Gasteiger partial charge on any atom is -0.465 e. The lowest BCUT2D eigenvalue weighted by atomic mass is 10.2. The Morgan fingerprint density at radius 3 is 2.42 bits per heavy atom. The van der Waals surface area contributed by atoms with Gasteiger partial charge in [0.25, 0.3) is 0 Å². The summed E-state index contributed by atoms with van der Waals surface area (Å²) < 4.78 is 0. The van der Waals surface area contributed by atoms with Crippen LogP contribution in [0.15, 0.2) is 24.3 Å². The number of nitrogens with one attached hydrogen (secondary N) is 1. The van der Waals surface area contributed by atoms with Crippen LogP contribution in [-0.2, 0) is 5.88 Å². The van der Waals surface area contributed by atoms with E-state index in [4.69, 9.17) is 16.7 Å². The van der Waals surface area contributed by atoms with Gasteiger partial charge in [0.1, 0.15) is 0 Å². The number of benzene rings is 1. The number of carboxylic acid groups (broad SMARTS) is 1. The molecule has 1 rings (SSSR count). The van der Waals surface area contributed by atoms with Gasteiger partial charge in [0.15, 0.2) is 0 Å². The molecule has 0 atom stereocenters. The predicted octanol–water partition coefficient (Wildman–Crippen LogP) is 2.52. The second-order valence-electron chi connectivity index (χ2n) is 2.26. The van der Waals surface area contributed by atoms with E-state index in [1.54, 1.807) is 24.3 Å². The minimum absolute atomic E-state index is 0.438. The zero-order valence-corrected chi connectivity index (χ0v) is 7.01. The number of hydrogen-bond donors (Lipinski definition) is 2. The van der Waals surface area contributed by atoms with Crippen LogP contribution in [0.1, 0.15) is 5.56 Å². The Morgan fingerprint density at radius 1 is 1.42 bits per heavy atom. The van der Waals surface area contributed by atoms with E-state index in [1.807, 2.05) is 0 Å². The van der Waals surface area contributed by atoms with E-state index in [9.17, 15) is 4.79 Å². The van der Waals surface area contributed by atoms with E-state index < -0.39 is 6.09 Å². The molecule has 0 heterocycles. The standard InChI is InChI=1S/C8H8ClNO2/c9-5-6-1-3-7(4-2-6)10-8(11)12/h1-4,10H,5H2,(H,11,12). The number of anilines is 1. The van der Waals surface area contributed by atoms with Crippen LogP contribution < -0.4 is 5.32 Å². The van der Waals surface area contributed by atoms with Crippen molar-refractivity contribution in [2.75, 3.05) is 5.32 Å². The number of rotatable bonds is 2. The molecule has 0 fully saturated rings. The lowest BCUT2D eigenvalue weighted by Gasteiger charge is -2.00. The van der Waals surface area contributed by atoms with Crippen LogP contribution in [0.3, 0.4) is 0 Å².